The number of rotatable bonds is 2. The monoisotopic (exact) mass is 210 g/mol. The molecule has 0 fully saturated rings. The van der Waals surface area contributed by atoms with Crippen molar-refractivity contribution in [3.63, 3.8) is 0 Å². The molecule has 0 unspecified atom stereocenters. The Labute approximate surface area is 90.5 Å². The molecular formula is C12H18OS. The van der Waals surface area contributed by atoms with Crippen molar-refractivity contribution in [3.8, 4) is 5.75 Å². The molecule has 1 rings (SSSR count). The van der Waals surface area contributed by atoms with Crippen molar-refractivity contribution in [2.24, 2.45) is 0 Å². The highest BCUT2D eigenvalue weighted by molar-refractivity contribution is 7.97. The number of hydrogen-bond acceptors (Lipinski definition) is 2. The lowest BCUT2D eigenvalue weighted by molar-refractivity contribution is 0.446. The summed E-state index contributed by atoms with van der Waals surface area (Å²) in [4.78, 5) is 0. The largest absolute Gasteiger partial charge is 0.508 e. The lowest BCUT2D eigenvalue weighted by atomic mass is 9.85. The molecule has 14 heavy (non-hydrogen) atoms. The smallest absolute Gasteiger partial charge is 0.119 e. The highest BCUT2D eigenvalue weighted by atomic mass is 32.2. The summed E-state index contributed by atoms with van der Waals surface area (Å²) < 4.78 is 0. The maximum absolute atomic E-state index is 9.73. The summed E-state index contributed by atoms with van der Waals surface area (Å²) >= 11 is 1.80. The zero-order chi connectivity index (χ0) is 10.8. The molecule has 0 aliphatic rings. The van der Waals surface area contributed by atoms with Crippen molar-refractivity contribution >= 4 is 11.8 Å². The molecule has 1 nitrogen and oxygen atoms in total. The Balaban J connectivity index is 3.09. The van der Waals surface area contributed by atoms with Gasteiger partial charge in [-0.25, -0.2) is 0 Å². The molecule has 2 heteroatoms. The first-order valence-corrected chi connectivity index (χ1v) is 6.16. The number of aromatic hydroxyl groups is 1. The standard InChI is InChI=1S/C12H18OS/c1-12(2,3)10-7-9(8-14-4)5-6-11(10)13/h5-7,13H,8H2,1-4H3. The van der Waals surface area contributed by atoms with E-state index in [1.807, 2.05) is 6.07 Å². The average molecular weight is 210 g/mol. The minimum absolute atomic E-state index is 0.0124. The van der Waals surface area contributed by atoms with Gasteiger partial charge in [-0.15, -0.1) is 0 Å². The van der Waals surface area contributed by atoms with E-state index in [2.05, 4.69) is 33.1 Å². The fourth-order valence-electron chi connectivity index (χ4n) is 1.44. The predicted octanol–water partition coefficient (Wildman–Crippen LogP) is 3.55. The molecule has 0 amide bonds. The Morgan fingerprint density at radius 3 is 2.43 bits per heavy atom. The second-order valence-electron chi connectivity index (χ2n) is 4.53. The Morgan fingerprint density at radius 1 is 1.29 bits per heavy atom. The van der Waals surface area contributed by atoms with Gasteiger partial charge < -0.3 is 5.11 Å². The molecule has 0 aliphatic heterocycles. The maximum Gasteiger partial charge on any atom is 0.119 e. The molecule has 0 aliphatic carbocycles. The van der Waals surface area contributed by atoms with Crippen molar-refractivity contribution in [3.05, 3.63) is 29.3 Å². The zero-order valence-electron chi connectivity index (χ0n) is 9.29. The SMILES string of the molecule is CSCc1ccc(O)c(C(C)(C)C)c1. The second-order valence-corrected chi connectivity index (χ2v) is 5.40. The molecule has 0 saturated heterocycles. The van der Waals surface area contributed by atoms with Crippen molar-refractivity contribution in [1.82, 2.24) is 0 Å². The van der Waals surface area contributed by atoms with Gasteiger partial charge in [-0.05, 0) is 28.9 Å². The molecule has 0 spiro atoms. The van der Waals surface area contributed by atoms with Crippen LogP contribution in [0.4, 0.5) is 0 Å². The third kappa shape index (κ3) is 2.68. The summed E-state index contributed by atoms with van der Waals surface area (Å²) in [5.41, 5.74) is 2.32. The van der Waals surface area contributed by atoms with Gasteiger partial charge in [0.1, 0.15) is 5.75 Å². The fourth-order valence-corrected chi connectivity index (χ4v) is 1.95. The highest BCUT2D eigenvalue weighted by Crippen LogP contribution is 2.31. The van der Waals surface area contributed by atoms with Crippen LogP contribution in [0.25, 0.3) is 0 Å². The summed E-state index contributed by atoms with van der Waals surface area (Å²) in [6, 6.07) is 5.89. The van der Waals surface area contributed by atoms with E-state index in [1.54, 1.807) is 17.8 Å². The van der Waals surface area contributed by atoms with Crippen molar-refractivity contribution in [2.75, 3.05) is 6.26 Å². The zero-order valence-corrected chi connectivity index (χ0v) is 10.1. The third-order valence-corrected chi connectivity index (χ3v) is 2.80. The van der Waals surface area contributed by atoms with Crippen LogP contribution in [-0.4, -0.2) is 11.4 Å². The topological polar surface area (TPSA) is 20.2 Å². The van der Waals surface area contributed by atoms with E-state index >= 15 is 0 Å². The fraction of sp³-hybridized carbons (Fsp3) is 0.500. The van der Waals surface area contributed by atoms with Crippen molar-refractivity contribution in [1.29, 1.82) is 0 Å². The normalized spacial score (nSPS) is 11.7. The molecule has 0 atom stereocenters. The molecule has 0 radical (unpaired) electrons. The van der Waals surface area contributed by atoms with Gasteiger partial charge in [0.15, 0.2) is 0 Å². The Bertz CT molecular complexity index is 313. The van der Waals surface area contributed by atoms with Crippen LogP contribution in [0.2, 0.25) is 0 Å². The van der Waals surface area contributed by atoms with Gasteiger partial charge in [0, 0.05) is 5.75 Å². The van der Waals surface area contributed by atoms with Crippen molar-refractivity contribution < 1.29 is 5.11 Å². The van der Waals surface area contributed by atoms with Gasteiger partial charge in [0.2, 0.25) is 0 Å². The van der Waals surface area contributed by atoms with Crippen LogP contribution in [0.15, 0.2) is 18.2 Å². The molecule has 1 N–H and O–H groups in total. The van der Waals surface area contributed by atoms with E-state index in [9.17, 15) is 5.11 Å². The van der Waals surface area contributed by atoms with Gasteiger partial charge >= 0.3 is 0 Å². The molecule has 0 aromatic heterocycles. The van der Waals surface area contributed by atoms with Gasteiger partial charge in [-0.2, -0.15) is 11.8 Å². The number of hydrogen-bond donors (Lipinski definition) is 1. The molecule has 1 aromatic carbocycles. The van der Waals surface area contributed by atoms with Crippen LogP contribution >= 0.6 is 11.8 Å². The van der Waals surface area contributed by atoms with Gasteiger partial charge in [-0.1, -0.05) is 32.9 Å². The summed E-state index contributed by atoms with van der Waals surface area (Å²) in [5.74, 6) is 1.41. The maximum atomic E-state index is 9.73. The van der Waals surface area contributed by atoms with Crippen LogP contribution in [-0.2, 0) is 11.2 Å². The lowest BCUT2D eigenvalue weighted by Crippen LogP contribution is -2.11. The van der Waals surface area contributed by atoms with Crippen LogP contribution in [0.5, 0.6) is 5.75 Å². The Morgan fingerprint density at radius 2 is 1.93 bits per heavy atom. The van der Waals surface area contributed by atoms with Gasteiger partial charge in [0.25, 0.3) is 0 Å². The van der Waals surface area contributed by atoms with E-state index in [0.29, 0.717) is 5.75 Å². The van der Waals surface area contributed by atoms with E-state index < -0.39 is 0 Å². The van der Waals surface area contributed by atoms with E-state index in [1.165, 1.54) is 5.56 Å². The first-order valence-electron chi connectivity index (χ1n) is 4.76. The first-order chi connectivity index (χ1) is 6.45. The van der Waals surface area contributed by atoms with E-state index in [0.717, 1.165) is 11.3 Å². The Kier molecular flexibility index (Phi) is 3.48. The summed E-state index contributed by atoms with van der Waals surface area (Å²) in [6.45, 7) is 6.35. The van der Waals surface area contributed by atoms with Crippen LogP contribution in [0.3, 0.4) is 0 Å². The number of phenols is 1. The van der Waals surface area contributed by atoms with Crippen molar-refractivity contribution in [2.45, 2.75) is 31.9 Å². The summed E-state index contributed by atoms with van der Waals surface area (Å²) in [7, 11) is 0. The molecule has 78 valence electrons. The summed E-state index contributed by atoms with van der Waals surface area (Å²) in [6.07, 6.45) is 2.09. The molecular weight excluding hydrogens is 192 g/mol. The minimum Gasteiger partial charge on any atom is -0.508 e. The number of thioether (sulfide) groups is 1. The Hall–Kier alpha value is -0.630. The third-order valence-electron chi connectivity index (χ3n) is 2.18. The number of phenolic OH excluding ortho intramolecular Hbond substituents is 1. The first kappa shape index (κ1) is 11.4. The number of benzene rings is 1. The minimum atomic E-state index is 0.0124. The molecule has 0 heterocycles. The van der Waals surface area contributed by atoms with Crippen LogP contribution in [0, 0.1) is 0 Å². The predicted molar refractivity (Wildman–Crippen MR) is 64.0 cm³/mol. The second kappa shape index (κ2) is 4.26. The van der Waals surface area contributed by atoms with E-state index in [-0.39, 0.29) is 5.41 Å². The van der Waals surface area contributed by atoms with Gasteiger partial charge in [0.05, 0.1) is 0 Å². The average Bonchev–Trinajstić information content (AvgIpc) is 2.07. The summed E-state index contributed by atoms with van der Waals surface area (Å²) in [5, 5.41) is 9.73. The van der Waals surface area contributed by atoms with Gasteiger partial charge in [-0.3, -0.25) is 0 Å². The van der Waals surface area contributed by atoms with Crippen LogP contribution < -0.4 is 0 Å². The van der Waals surface area contributed by atoms with Crippen LogP contribution in [0.1, 0.15) is 31.9 Å². The quantitative estimate of drug-likeness (QED) is 0.805. The van der Waals surface area contributed by atoms with E-state index in [4.69, 9.17) is 0 Å². The molecule has 0 bridgehead atoms. The lowest BCUT2D eigenvalue weighted by Gasteiger charge is -2.21. The highest BCUT2D eigenvalue weighted by Gasteiger charge is 2.17. The molecule has 1 aromatic rings. The molecule has 0 saturated carbocycles.